The van der Waals surface area contributed by atoms with Crippen LogP contribution in [0.25, 0.3) is 0 Å². The van der Waals surface area contributed by atoms with Crippen molar-refractivity contribution in [2.45, 2.75) is 612 Å². The third-order valence-corrected chi connectivity index (χ3v) is 28.6. The molecule has 0 aromatic carbocycles. The zero-order valence-electron chi connectivity index (χ0n) is 93.4. The predicted molar refractivity (Wildman–Crippen MR) is 600 cm³/mol. The van der Waals surface area contributed by atoms with Crippen molar-refractivity contribution < 1.29 is 34.8 Å². The van der Waals surface area contributed by atoms with Crippen LogP contribution in [-0.4, -0.2) is 213 Å². The maximum Gasteiger partial charge on any atom is 0.221 e. The summed E-state index contributed by atoms with van der Waals surface area (Å²) in [7, 11) is 0. The van der Waals surface area contributed by atoms with Gasteiger partial charge < -0.3 is 72.3 Å². The third-order valence-electron chi connectivity index (χ3n) is 28.6. The molecule has 0 aromatic heterocycles. The Kier molecular flexibility index (Phi) is 117. The maximum atomic E-state index is 12.5. The van der Waals surface area contributed by atoms with Gasteiger partial charge in [-0.3, -0.25) is 14.4 Å². The highest BCUT2D eigenvalue weighted by Crippen LogP contribution is 2.21. The molecule has 17 heteroatoms. The minimum atomic E-state index is -0.465. The van der Waals surface area contributed by atoms with Gasteiger partial charge in [0, 0.05) is 97.8 Å². The van der Waals surface area contributed by atoms with Gasteiger partial charge in [-0.05, 0) is 162 Å². The monoisotopic (exact) mass is 1940 g/mol. The zero-order chi connectivity index (χ0) is 99.8. The summed E-state index contributed by atoms with van der Waals surface area (Å²) >= 11 is 0. The molecule has 0 aromatic rings. The van der Waals surface area contributed by atoms with Crippen LogP contribution in [-0.2, 0) is 14.4 Å². The van der Waals surface area contributed by atoms with Gasteiger partial charge in [-0.2, -0.15) is 0 Å². The number of aliphatic hydroxyl groups is 4. The summed E-state index contributed by atoms with van der Waals surface area (Å²) in [6.45, 7) is 31.5. The molecule has 0 aliphatic rings. The molecule has 0 saturated carbocycles. The van der Waals surface area contributed by atoms with E-state index in [1.807, 2.05) is 0 Å². The number of carbonyl (C=O) groups excluding carboxylic acids is 3. The normalized spacial score (nSPS) is 12.8. The van der Waals surface area contributed by atoms with E-state index in [-0.39, 0.29) is 23.8 Å². The molecule has 0 saturated heterocycles. The fourth-order valence-corrected chi connectivity index (χ4v) is 19.5. The Morgan fingerprint density at radius 1 is 0.219 bits per heavy atom. The van der Waals surface area contributed by atoms with Gasteiger partial charge in [0.2, 0.25) is 17.7 Å². The van der Waals surface area contributed by atoms with E-state index in [2.05, 4.69) is 107 Å². The largest absolute Gasteiger partial charge is 0.392 e. The molecule has 0 radical (unpaired) electrons. The molecule has 0 heterocycles. The molecule has 818 valence electrons. The molecule has 137 heavy (non-hydrogen) atoms. The second-order valence-electron chi connectivity index (χ2n) is 42.7. The number of hydrogen-bond acceptors (Lipinski definition) is 14. The molecule has 11 N–H and O–H groups in total. The van der Waals surface area contributed by atoms with Gasteiger partial charge in [0.1, 0.15) is 0 Å². The predicted octanol–water partition coefficient (Wildman–Crippen LogP) is 29.6. The zero-order valence-corrected chi connectivity index (χ0v) is 93.4. The number of allylic oxidation sites excluding steroid dienone is 2. The van der Waals surface area contributed by atoms with Crippen LogP contribution in [0, 0.1) is 0 Å². The van der Waals surface area contributed by atoms with Crippen LogP contribution in [0.2, 0.25) is 0 Å². The van der Waals surface area contributed by atoms with Crippen LogP contribution in [0.15, 0.2) is 12.2 Å². The van der Waals surface area contributed by atoms with Crippen molar-refractivity contribution in [1.82, 2.24) is 46.2 Å². The van der Waals surface area contributed by atoms with Crippen molar-refractivity contribution in [2.24, 2.45) is 5.73 Å². The summed E-state index contributed by atoms with van der Waals surface area (Å²) < 4.78 is 0. The molecule has 17 nitrogen and oxygen atoms in total. The molecule has 0 spiro atoms. The smallest absolute Gasteiger partial charge is 0.221 e. The van der Waals surface area contributed by atoms with Crippen LogP contribution < -0.4 is 32.3 Å². The van der Waals surface area contributed by atoms with Crippen molar-refractivity contribution >= 4 is 17.7 Å². The Morgan fingerprint density at radius 3 is 0.642 bits per heavy atom. The van der Waals surface area contributed by atoms with Gasteiger partial charge in [-0.15, -0.1) is 0 Å². The molecule has 0 aliphatic heterocycles. The minimum Gasteiger partial charge on any atom is -0.392 e. The number of carbonyl (C=O) groups is 3. The fraction of sp³-hybridized carbons (Fsp3) is 0.958. The number of rotatable bonds is 116. The molecule has 3 amide bonds. The summed E-state index contributed by atoms with van der Waals surface area (Å²) in [6, 6.07) is 0. The lowest BCUT2D eigenvalue weighted by atomic mass is 10.0. The van der Waals surface area contributed by atoms with Crippen molar-refractivity contribution in [1.29, 1.82) is 0 Å². The second-order valence-corrected chi connectivity index (χ2v) is 42.7. The first-order valence-electron chi connectivity index (χ1n) is 61.5. The van der Waals surface area contributed by atoms with Crippen LogP contribution in [0.3, 0.4) is 0 Å². The third kappa shape index (κ3) is 112. The Morgan fingerprint density at radius 2 is 0.409 bits per heavy atom. The number of unbranched alkanes of at least 4 members (excludes halogenated alkanes) is 69. The van der Waals surface area contributed by atoms with E-state index >= 15 is 0 Å². The summed E-state index contributed by atoms with van der Waals surface area (Å²) in [5.74, 6) is 0.365. The maximum absolute atomic E-state index is 12.5. The molecule has 0 fully saturated rings. The highest BCUT2D eigenvalue weighted by atomic mass is 16.3. The van der Waals surface area contributed by atoms with Crippen molar-refractivity contribution in [3.63, 3.8) is 0 Å². The lowest BCUT2D eigenvalue weighted by Gasteiger charge is -2.27. The van der Waals surface area contributed by atoms with Gasteiger partial charge in [0.05, 0.1) is 24.4 Å². The highest BCUT2D eigenvalue weighted by molar-refractivity contribution is 5.76. The van der Waals surface area contributed by atoms with Crippen molar-refractivity contribution in [3.05, 3.63) is 12.2 Å². The second kappa shape index (κ2) is 117. The van der Waals surface area contributed by atoms with Gasteiger partial charge in [0.15, 0.2) is 0 Å². The SMILES string of the molecule is CCCCCCCC/C=C/CCCCCCCCNC(=O)CCNCC(O)CN(CCCCCCCCCCCCCC)CCCCN(CCCCCCCCCCCCCC)CC(O)CN.CCCCCCCCCCCCCCN(CCCCN(CCCCCCCCCCCCCC)CC(O)CNCCC(=O)NCCCCCCCC)CC(O)CCCCC(=O)NCCCCCCCC. The minimum absolute atomic E-state index is 0.0999. The number of aliphatic hydroxyl groups excluding tert-OH is 4. The van der Waals surface area contributed by atoms with Crippen LogP contribution in [0.1, 0.15) is 588 Å². The summed E-state index contributed by atoms with van der Waals surface area (Å²) in [6.07, 6.45) is 109. The Balaban J connectivity index is 0. The van der Waals surface area contributed by atoms with Gasteiger partial charge in [-0.25, -0.2) is 0 Å². The van der Waals surface area contributed by atoms with E-state index in [4.69, 9.17) is 5.73 Å². The lowest BCUT2D eigenvalue weighted by molar-refractivity contribution is -0.122. The number of nitrogens with zero attached hydrogens (tertiary/aromatic N) is 4. The topological polar surface area (TPSA) is 231 Å². The van der Waals surface area contributed by atoms with E-state index in [0.29, 0.717) is 78.2 Å². The van der Waals surface area contributed by atoms with Crippen LogP contribution in [0.4, 0.5) is 0 Å². The van der Waals surface area contributed by atoms with Gasteiger partial charge >= 0.3 is 0 Å². The molecule has 0 aliphatic carbocycles. The number of nitrogens with one attached hydrogen (secondary N) is 5. The molecule has 0 rings (SSSR count). The van der Waals surface area contributed by atoms with Crippen LogP contribution >= 0.6 is 0 Å². The quantitative estimate of drug-likeness (QED) is 0.0202. The van der Waals surface area contributed by atoms with E-state index < -0.39 is 18.3 Å². The fourth-order valence-electron chi connectivity index (χ4n) is 19.5. The molecular formula is C120H246N10O7. The number of nitrogens with two attached hydrogens (primary N) is 1. The summed E-state index contributed by atoms with van der Waals surface area (Å²) in [4.78, 5) is 47.3. The van der Waals surface area contributed by atoms with E-state index in [9.17, 15) is 34.8 Å². The van der Waals surface area contributed by atoms with Crippen LogP contribution in [0.5, 0.6) is 0 Å². The van der Waals surface area contributed by atoms with E-state index in [1.165, 1.54) is 456 Å². The number of hydrogen-bond donors (Lipinski definition) is 10. The van der Waals surface area contributed by atoms with Crippen molar-refractivity contribution in [3.8, 4) is 0 Å². The van der Waals surface area contributed by atoms with Gasteiger partial charge in [0.25, 0.3) is 0 Å². The van der Waals surface area contributed by atoms with E-state index in [1.54, 1.807) is 0 Å². The molecule has 4 atom stereocenters. The Hall–Kier alpha value is -2.29. The Labute approximate surface area is 854 Å². The molecule has 0 bridgehead atoms. The molecular weight excluding hydrogens is 1690 g/mol. The summed E-state index contributed by atoms with van der Waals surface area (Å²) in [5, 5.41) is 59.9. The van der Waals surface area contributed by atoms with Crippen molar-refractivity contribution in [2.75, 3.05) is 131 Å². The average Bonchev–Trinajstić information content (AvgIpc) is 0.950. The lowest BCUT2D eigenvalue weighted by Crippen LogP contribution is -2.40. The first-order chi connectivity index (χ1) is 67.3. The first kappa shape index (κ1) is 137. The molecule has 4 unspecified atom stereocenters. The highest BCUT2D eigenvalue weighted by Gasteiger charge is 2.19. The first-order valence-corrected chi connectivity index (χ1v) is 61.5. The van der Waals surface area contributed by atoms with E-state index in [0.717, 1.165) is 136 Å². The Bertz CT molecular complexity index is 2270. The number of amides is 3. The van der Waals surface area contributed by atoms with Gasteiger partial charge in [-0.1, -0.05) is 472 Å². The standard InChI is InChI=1S/C61H125N5O4.C59H121N5O3/c1-5-9-13-17-21-23-25-27-29-31-35-41-51-65(56-58(67)45-37-38-46-60(69)63-48-39-33-19-15-11-7-3)53-43-44-54-66(52-42-36-32-30-28-26-24-22-18-14-10-6-2)57-59(68)55-62-50-47-61(70)64-49-40-34-20-16-12-8-4;1-4-7-10-13-16-19-22-25-26-27-28-29-32-35-38-41-47-62-59(67)46-48-61-54-58(66)56-64(50-43-40-37-34-31-24-21-18-15-12-9-6-3)52-45-44-51-63(55-57(65)53-60)49-42-39-36-33-30-23-20-17-14-11-8-5-2/h58-59,62,67-68H,5-57H2,1-4H3,(H,63,69)(H,64,70);25-26,57-58,61,65-66H,4-24,27-56,60H2,1-3H3,(H,62,67)/b;26-25+. The average molecular weight is 1940 g/mol. The summed E-state index contributed by atoms with van der Waals surface area (Å²) in [5.41, 5.74) is 5.84.